The molecular weight excluding hydrogens is 294 g/mol. The molecule has 0 radical (unpaired) electrons. The molecule has 0 bridgehead atoms. The fourth-order valence-corrected chi connectivity index (χ4v) is 2.32. The van der Waals surface area contributed by atoms with Gasteiger partial charge in [0.25, 0.3) is 0 Å². The van der Waals surface area contributed by atoms with Crippen LogP contribution < -0.4 is 4.74 Å². The smallest absolute Gasteiger partial charge is 0.149 e. The summed E-state index contributed by atoms with van der Waals surface area (Å²) in [5.41, 5.74) is 2.66. The molecule has 0 fully saturated rings. The van der Waals surface area contributed by atoms with Crippen molar-refractivity contribution in [3.63, 3.8) is 0 Å². The Hall–Kier alpha value is -2.16. The highest BCUT2D eigenvalue weighted by molar-refractivity contribution is 7.71. The van der Waals surface area contributed by atoms with E-state index in [1.807, 2.05) is 13.0 Å². The number of nitrogens with one attached hydrogen (secondary N) is 1. The second-order valence-electron chi connectivity index (χ2n) is 5.41. The number of aromatic amines is 1. The van der Waals surface area contributed by atoms with E-state index in [1.165, 1.54) is 5.56 Å². The van der Waals surface area contributed by atoms with Gasteiger partial charge in [0, 0.05) is 12.7 Å². The molecule has 1 N–H and O–H groups in total. The van der Waals surface area contributed by atoms with Crippen molar-refractivity contribution in [3.05, 3.63) is 51.8 Å². The zero-order valence-electron chi connectivity index (χ0n) is 13.0. The summed E-state index contributed by atoms with van der Waals surface area (Å²) in [5, 5.41) is 9.19. The van der Waals surface area contributed by atoms with E-state index < -0.39 is 0 Å². The monoisotopic (exact) mass is 313 g/mol. The van der Waals surface area contributed by atoms with Gasteiger partial charge in [-0.3, -0.25) is 0 Å². The Balaban J connectivity index is 2.23. The fraction of sp³-hybridized carbons (Fsp3) is 0.294. The van der Waals surface area contributed by atoms with E-state index in [4.69, 9.17) is 17.0 Å². The van der Waals surface area contributed by atoms with Crippen LogP contribution in [0.15, 0.2) is 30.5 Å². The number of likely N-dealkylation sites (N-methyl/N-ethyl adjacent to an activating group) is 1. The van der Waals surface area contributed by atoms with Gasteiger partial charge in [0.2, 0.25) is 0 Å². The van der Waals surface area contributed by atoms with Crippen LogP contribution in [0.5, 0.6) is 11.5 Å². The van der Waals surface area contributed by atoms with E-state index >= 15 is 0 Å². The van der Waals surface area contributed by atoms with Gasteiger partial charge >= 0.3 is 0 Å². The van der Waals surface area contributed by atoms with Crippen molar-refractivity contribution in [2.75, 3.05) is 20.6 Å². The average Bonchev–Trinajstić information content (AvgIpc) is 2.48. The number of benzene rings is 1. The Morgan fingerprint density at radius 3 is 2.68 bits per heavy atom. The summed E-state index contributed by atoms with van der Waals surface area (Å²) in [6.07, 6.45) is 2.67. The first kappa shape index (κ1) is 16.2. The molecule has 5 heteroatoms. The van der Waals surface area contributed by atoms with Crippen LogP contribution in [0, 0.1) is 22.9 Å². The van der Waals surface area contributed by atoms with Gasteiger partial charge in [0.05, 0.1) is 0 Å². The molecule has 0 saturated carbocycles. The lowest BCUT2D eigenvalue weighted by atomic mass is 10.1. The van der Waals surface area contributed by atoms with Crippen LogP contribution in [-0.4, -0.2) is 30.5 Å². The quantitative estimate of drug-likeness (QED) is 0.853. The lowest BCUT2D eigenvalue weighted by molar-refractivity contribution is 0.413. The molecule has 2 aromatic rings. The molecule has 0 spiro atoms. The van der Waals surface area contributed by atoms with Gasteiger partial charge in [-0.05, 0) is 50.7 Å². The molecule has 1 aromatic heterocycles. The number of H-pyrrole nitrogens is 1. The van der Waals surface area contributed by atoms with Crippen molar-refractivity contribution in [1.29, 1.82) is 5.26 Å². The Morgan fingerprint density at radius 1 is 1.27 bits per heavy atom. The highest BCUT2D eigenvalue weighted by Crippen LogP contribution is 2.28. The van der Waals surface area contributed by atoms with Gasteiger partial charge < -0.3 is 14.6 Å². The van der Waals surface area contributed by atoms with Crippen molar-refractivity contribution in [3.8, 4) is 17.6 Å². The molecule has 0 aliphatic carbocycles. The molecule has 1 aromatic carbocycles. The maximum atomic E-state index is 9.19. The number of nitrogens with zero attached hydrogens (tertiary/aromatic N) is 2. The van der Waals surface area contributed by atoms with Gasteiger partial charge in [-0.15, -0.1) is 0 Å². The van der Waals surface area contributed by atoms with E-state index in [-0.39, 0.29) is 0 Å². The molecule has 1 heterocycles. The van der Waals surface area contributed by atoms with Crippen LogP contribution in [0.4, 0.5) is 0 Å². The molecular formula is C17H19N3OS. The maximum Gasteiger partial charge on any atom is 0.149 e. The number of nitriles is 1. The highest BCUT2D eigenvalue weighted by Gasteiger charge is 2.09. The van der Waals surface area contributed by atoms with Gasteiger partial charge in [-0.2, -0.15) is 5.26 Å². The van der Waals surface area contributed by atoms with Crippen LogP contribution in [0.25, 0.3) is 0 Å². The van der Waals surface area contributed by atoms with Crippen molar-refractivity contribution in [2.24, 2.45) is 0 Å². The van der Waals surface area contributed by atoms with Gasteiger partial charge in [0.1, 0.15) is 27.8 Å². The van der Waals surface area contributed by atoms with E-state index in [0.29, 0.717) is 16.0 Å². The molecule has 0 aliphatic heterocycles. The van der Waals surface area contributed by atoms with Crippen LogP contribution in [0.2, 0.25) is 0 Å². The number of aromatic nitrogens is 1. The van der Waals surface area contributed by atoms with Crippen LogP contribution in [0.1, 0.15) is 16.7 Å². The topological polar surface area (TPSA) is 52.0 Å². The normalized spacial score (nSPS) is 10.5. The van der Waals surface area contributed by atoms with Crippen molar-refractivity contribution >= 4 is 12.2 Å². The number of aryl methyl sites for hydroxylation is 1. The Kier molecular flexibility index (Phi) is 5.31. The third kappa shape index (κ3) is 3.94. The number of rotatable bonds is 5. The maximum absolute atomic E-state index is 9.19. The Labute approximate surface area is 136 Å². The fourth-order valence-electron chi connectivity index (χ4n) is 2.10. The van der Waals surface area contributed by atoms with E-state index in [2.05, 4.69) is 42.2 Å². The lowest BCUT2D eigenvalue weighted by Gasteiger charge is -2.13. The first-order chi connectivity index (χ1) is 10.5. The lowest BCUT2D eigenvalue weighted by Crippen LogP contribution is -2.15. The molecule has 22 heavy (non-hydrogen) atoms. The molecule has 0 aliphatic rings. The van der Waals surface area contributed by atoms with Crippen LogP contribution >= 0.6 is 12.2 Å². The van der Waals surface area contributed by atoms with Gasteiger partial charge in [-0.1, -0.05) is 24.4 Å². The summed E-state index contributed by atoms with van der Waals surface area (Å²) >= 11 is 5.10. The molecule has 4 nitrogen and oxygen atoms in total. The minimum absolute atomic E-state index is 0.355. The zero-order chi connectivity index (χ0) is 16.1. The predicted octanol–water partition coefficient (Wildman–Crippen LogP) is 3.82. The molecule has 114 valence electrons. The van der Waals surface area contributed by atoms with Crippen LogP contribution in [0.3, 0.4) is 0 Å². The summed E-state index contributed by atoms with van der Waals surface area (Å²) in [6, 6.07) is 9.92. The van der Waals surface area contributed by atoms with Crippen molar-refractivity contribution in [1.82, 2.24) is 9.88 Å². The standard InChI is InChI=1S/C17H19N3OS/c1-12-10-13(7-9-20(2)3)4-5-15(12)21-16-6-8-19-17(22)14(16)11-18/h4-6,8,10H,7,9H2,1-3H3,(H,19,22). The van der Waals surface area contributed by atoms with E-state index in [1.54, 1.807) is 12.3 Å². The summed E-state index contributed by atoms with van der Waals surface area (Å²) in [4.78, 5) is 4.99. The first-order valence-corrected chi connectivity index (χ1v) is 7.46. The molecule has 0 atom stereocenters. The number of pyridine rings is 1. The molecule has 0 saturated heterocycles. The van der Waals surface area contributed by atoms with Gasteiger partial charge in [0.15, 0.2) is 0 Å². The third-order valence-corrected chi connectivity index (χ3v) is 3.66. The summed E-state index contributed by atoms with van der Waals surface area (Å²) in [6.45, 7) is 3.01. The number of hydrogen-bond acceptors (Lipinski definition) is 4. The zero-order valence-corrected chi connectivity index (χ0v) is 13.8. The summed E-state index contributed by atoms with van der Waals surface area (Å²) < 4.78 is 6.26. The predicted molar refractivity (Wildman–Crippen MR) is 89.9 cm³/mol. The van der Waals surface area contributed by atoms with Crippen molar-refractivity contribution < 1.29 is 4.74 Å². The van der Waals surface area contributed by atoms with Gasteiger partial charge in [-0.25, -0.2) is 0 Å². The van der Waals surface area contributed by atoms with E-state index in [0.717, 1.165) is 24.3 Å². The SMILES string of the molecule is Cc1cc(CCN(C)C)ccc1Oc1cc[nH]c(=S)c1C#N. The van der Waals surface area contributed by atoms with Crippen molar-refractivity contribution in [2.45, 2.75) is 13.3 Å². The van der Waals surface area contributed by atoms with Crippen LogP contribution in [-0.2, 0) is 6.42 Å². The molecule has 0 unspecified atom stereocenters. The minimum atomic E-state index is 0.355. The second kappa shape index (κ2) is 7.21. The second-order valence-corrected chi connectivity index (χ2v) is 5.82. The Morgan fingerprint density at radius 2 is 2.05 bits per heavy atom. The minimum Gasteiger partial charge on any atom is -0.456 e. The third-order valence-electron chi connectivity index (χ3n) is 3.34. The number of hydrogen-bond donors (Lipinski definition) is 1. The number of ether oxygens (including phenoxy) is 1. The first-order valence-electron chi connectivity index (χ1n) is 7.05. The summed E-state index contributed by atoms with van der Waals surface area (Å²) in [7, 11) is 4.12. The highest BCUT2D eigenvalue weighted by atomic mass is 32.1. The Bertz CT molecular complexity index is 759. The van der Waals surface area contributed by atoms with E-state index in [9.17, 15) is 5.26 Å². The largest absolute Gasteiger partial charge is 0.456 e. The summed E-state index contributed by atoms with van der Waals surface area (Å²) in [5.74, 6) is 1.22. The molecule has 0 amide bonds. The molecule has 2 rings (SSSR count). The average molecular weight is 313 g/mol.